The topological polar surface area (TPSA) is 86.2 Å². The highest BCUT2D eigenvalue weighted by Gasteiger charge is 2.40. The summed E-state index contributed by atoms with van der Waals surface area (Å²) in [6.45, 7) is 5.17. The van der Waals surface area contributed by atoms with Crippen LogP contribution < -0.4 is 17.3 Å². The normalized spacial score (nSPS) is 16.6. The van der Waals surface area contributed by atoms with Crippen LogP contribution in [-0.4, -0.2) is 21.9 Å². The number of amidine groups is 1. The lowest BCUT2D eigenvalue weighted by molar-refractivity contribution is -0.640. The number of ether oxygens (including phenoxy) is 1. The van der Waals surface area contributed by atoms with Gasteiger partial charge in [0.25, 0.3) is 5.69 Å². The maximum absolute atomic E-state index is 12.1. The van der Waals surface area contributed by atoms with Gasteiger partial charge < -0.3 is 17.1 Å². The summed E-state index contributed by atoms with van der Waals surface area (Å²) in [5.41, 5.74) is -0.0867. The van der Waals surface area contributed by atoms with Crippen LogP contribution in [0.2, 0.25) is 0 Å². The summed E-state index contributed by atoms with van der Waals surface area (Å²) in [5.74, 6) is 0. The van der Waals surface area contributed by atoms with E-state index in [1.165, 1.54) is 18.2 Å². The highest BCUT2D eigenvalue weighted by atomic mass is 35.5. The number of aliphatic imine (C=N–C) groups is 1. The Bertz CT molecular complexity index is 625. The number of hydrogen-bond acceptors (Lipinski definition) is 5. The Balaban J connectivity index is 0.00000220. The number of benzene rings is 1. The van der Waals surface area contributed by atoms with Crippen LogP contribution in [0.4, 0.5) is 21.9 Å². The van der Waals surface area contributed by atoms with Crippen LogP contribution in [0, 0.1) is 10.1 Å². The summed E-state index contributed by atoms with van der Waals surface area (Å²) < 4.78 is 5.24. The lowest BCUT2D eigenvalue weighted by Crippen LogP contribution is -3.11. The molecule has 9 heteroatoms. The highest BCUT2D eigenvalue weighted by Crippen LogP contribution is 2.30. The van der Waals surface area contributed by atoms with E-state index in [9.17, 15) is 14.9 Å². The Morgan fingerprint density at radius 1 is 1.43 bits per heavy atom. The number of halogens is 2. The third-order valence-electron chi connectivity index (χ3n) is 2.49. The largest absolute Gasteiger partial charge is 1.00 e. The molecule has 0 spiro atoms. The number of fused-ring (bicyclic) bond motifs is 1. The van der Waals surface area contributed by atoms with Gasteiger partial charge in [-0.2, -0.15) is 9.79 Å². The smallest absolute Gasteiger partial charge is 0.527 e. The van der Waals surface area contributed by atoms with Crippen molar-refractivity contribution in [1.29, 1.82) is 0 Å². The highest BCUT2D eigenvalue weighted by molar-refractivity contribution is 6.63. The lowest BCUT2D eigenvalue weighted by Gasteiger charge is -2.19. The van der Waals surface area contributed by atoms with Crippen molar-refractivity contribution >= 4 is 40.1 Å². The predicted molar refractivity (Wildman–Crippen MR) is 72.9 cm³/mol. The first-order valence-electron chi connectivity index (χ1n) is 5.83. The fourth-order valence-corrected chi connectivity index (χ4v) is 2.00. The Labute approximate surface area is 132 Å². The number of nitrogens with one attached hydrogen (secondary N) is 1. The van der Waals surface area contributed by atoms with Crippen molar-refractivity contribution in [2.75, 3.05) is 0 Å². The van der Waals surface area contributed by atoms with Gasteiger partial charge in [0, 0.05) is 17.7 Å². The first-order chi connectivity index (χ1) is 9.19. The van der Waals surface area contributed by atoms with Gasteiger partial charge in [-0.1, -0.05) is 0 Å². The van der Waals surface area contributed by atoms with Gasteiger partial charge in [0.1, 0.15) is 11.3 Å². The van der Waals surface area contributed by atoms with E-state index in [-0.39, 0.29) is 28.3 Å². The zero-order chi connectivity index (χ0) is 15.1. The summed E-state index contributed by atoms with van der Waals surface area (Å²) in [5, 5.41) is 10.8. The van der Waals surface area contributed by atoms with E-state index in [1.54, 1.807) is 20.8 Å². The number of amides is 1. The average Bonchev–Trinajstić information content (AvgIpc) is 2.61. The van der Waals surface area contributed by atoms with E-state index in [1.807, 2.05) is 0 Å². The number of hydrogen-bond donors (Lipinski definition) is 1. The molecule has 21 heavy (non-hydrogen) atoms. The standard InChI is InChI=1S/C12H12ClN3O4.ClH/c1-12(2,3)20-11(17)15-9-6-7(16(18)19)4-5-8(9)14-10(15)13;/h4-6H,1-3H3;1H. The number of nitrogens with zero attached hydrogens (tertiary/aromatic N) is 2. The van der Waals surface area contributed by atoms with Crippen molar-refractivity contribution in [3.63, 3.8) is 0 Å². The first-order valence-corrected chi connectivity index (χ1v) is 6.20. The third kappa shape index (κ3) is 3.69. The monoisotopic (exact) mass is 333 g/mol. The summed E-state index contributed by atoms with van der Waals surface area (Å²) in [7, 11) is 0. The molecule has 7 nitrogen and oxygen atoms in total. The van der Waals surface area contributed by atoms with Crippen LogP contribution in [0.3, 0.4) is 0 Å². The van der Waals surface area contributed by atoms with E-state index < -0.39 is 16.6 Å². The Morgan fingerprint density at radius 3 is 2.57 bits per heavy atom. The van der Waals surface area contributed by atoms with Gasteiger partial charge in [-0.3, -0.25) is 10.1 Å². The van der Waals surface area contributed by atoms with Gasteiger partial charge in [0.2, 0.25) is 0 Å². The zero-order valence-corrected chi connectivity index (χ0v) is 13.0. The molecule has 1 aromatic carbocycles. The third-order valence-corrected chi connectivity index (χ3v) is 2.76. The number of alkyl carbamates (subject to hydrolysis) is 1. The second kappa shape index (κ2) is 5.97. The number of carbonyl (C=O) groups excluding carboxylic acids is 1. The number of nitro groups is 1. The van der Waals surface area contributed by atoms with Crippen molar-refractivity contribution in [1.82, 2.24) is 0 Å². The second-order valence-corrected chi connectivity index (χ2v) is 5.60. The molecule has 1 N–H and O–H groups in total. The van der Waals surface area contributed by atoms with Crippen LogP contribution in [0.15, 0.2) is 23.2 Å². The van der Waals surface area contributed by atoms with Crippen LogP contribution in [0.1, 0.15) is 20.8 Å². The van der Waals surface area contributed by atoms with Gasteiger partial charge in [0.15, 0.2) is 5.69 Å². The van der Waals surface area contributed by atoms with Crippen molar-refractivity contribution in [2.24, 2.45) is 4.99 Å². The SMILES string of the molecule is CC(C)(C)OC(=O)[NH+]1C(Cl)=Nc2ccc([N+](=O)[O-])cc21.[Cl-]. The lowest BCUT2D eigenvalue weighted by atomic mass is 10.2. The molecule has 0 aliphatic carbocycles. The molecule has 114 valence electrons. The zero-order valence-electron chi connectivity index (χ0n) is 11.5. The van der Waals surface area contributed by atoms with Gasteiger partial charge in [-0.05, 0) is 26.8 Å². The molecule has 0 fully saturated rings. The van der Waals surface area contributed by atoms with Crippen molar-refractivity contribution in [3.8, 4) is 0 Å². The molecule has 0 bridgehead atoms. The molecule has 1 aliphatic rings. The first kappa shape index (κ1) is 17.4. The van der Waals surface area contributed by atoms with E-state index in [0.717, 1.165) is 0 Å². The molecule has 1 aliphatic heterocycles. The van der Waals surface area contributed by atoms with Gasteiger partial charge in [0.05, 0.1) is 11.0 Å². The molecule has 1 unspecified atom stereocenters. The molecule has 0 saturated carbocycles. The van der Waals surface area contributed by atoms with Crippen LogP contribution in [-0.2, 0) is 4.74 Å². The van der Waals surface area contributed by atoms with E-state index in [0.29, 0.717) is 11.4 Å². The Kier molecular flexibility index (Phi) is 4.93. The molecule has 0 aromatic heterocycles. The number of quaternary nitrogens is 1. The summed E-state index contributed by atoms with van der Waals surface area (Å²) in [4.78, 5) is 26.4. The number of carbonyl (C=O) groups is 1. The Hall–Kier alpha value is -1.70. The average molecular weight is 334 g/mol. The summed E-state index contributed by atoms with van der Waals surface area (Å²) >= 11 is 5.94. The van der Waals surface area contributed by atoms with E-state index in [4.69, 9.17) is 16.3 Å². The second-order valence-electron chi connectivity index (χ2n) is 5.24. The minimum Gasteiger partial charge on any atom is -1.00 e. The summed E-state index contributed by atoms with van der Waals surface area (Å²) in [6.07, 6.45) is -0.648. The molecule has 0 saturated heterocycles. The molecular formula is C12H13Cl2N3O4. The maximum Gasteiger partial charge on any atom is 0.527 e. The number of nitro benzene ring substituents is 1. The number of rotatable bonds is 1. The molecular weight excluding hydrogens is 321 g/mol. The van der Waals surface area contributed by atoms with Crippen molar-refractivity contribution in [2.45, 2.75) is 26.4 Å². The van der Waals surface area contributed by atoms with E-state index >= 15 is 0 Å². The molecule has 1 atom stereocenters. The molecule has 1 heterocycles. The molecule has 1 aromatic rings. The van der Waals surface area contributed by atoms with E-state index in [2.05, 4.69) is 4.99 Å². The molecule has 0 radical (unpaired) electrons. The van der Waals surface area contributed by atoms with Crippen LogP contribution in [0.25, 0.3) is 0 Å². The molecule has 2 rings (SSSR count). The maximum atomic E-state index is 12.1. The van der Waals surface area contributed by atoms with Crippen LogP contribution in [0.5, 0.6) is 0 Å². The molecule has 1 amide bonds. The minimum atomic E-state index is -0.690. The predicted octanol–water partition coefficient (Wildman–Crippen LogP) is -0.710. The van der Waals surface area contributed by atoms with Crippen molar-refractivity contribution in [3.05, 3.63) is 28.3 Å². The van der Waals surface area contributed by atoms with Gasteiger partial charge >= 0.3 is 11.4 Å². The van der Waals surface area contributed by atoms with Crippen LogP contribution >= 0.6 is 11.6 Å². The quantitative estimate of drug-likeness (QED) is 0.418. The number of non-ortho nitro benzene ring substituents is 1. The minimum absolute atomic E-state index is 0. The van der Waals surface area contributed by atoms with Gasteiger partial charge in [-0.25, -0.2) is 0 Å². The Morgan fingerprint density at radius 2 is 2.05 bits per heavy atom. The van der Waals surface area contributed by atoms with Crippen molar-refractivity contribution < 1.29 is 31.8 Å². The fourth-order valence-electron chi connectivity index (χ4n) is 1.73. The fraction of sp³-hybridized carbons (Fsp3) is 0.333. The van der Waals surface area contributed by atoms with Gasteiger partial charge in [-0.15, -0.1) is 4.90 Å². The summed E-state index contributed by atoms with van der Waals surface area (Å²) in [6, 6.07) is 4.03.